The maximum atomic E-state index is 12.9. The summed E-state index contributed by atoms with van der Waals surface area (Å²) in [6.07, 6.45) is 11.1. The number of methoxy groups -OCH3 is 1. The van der Waals surface area contributed by atoms with Crippen molar-refractivity contribution in [2.75, 3.05) is 7.11 Å². The van der Waals surface area contributed by atoms with Gasteiger partial charge in [0.05, 0.1) is 12.0 Å². The van der Waals surface area contributed by atoms with Crippen LogP contribution >= 0.6 is 0 Å². The van der Waals surface area contributed by atoms with Crippen molar-refractivity contribution < 1.29 is 22.7 Å². The van der Waals surface area contributed by atoms with E-state index in [1.165, 1.54) is 31.4 Å². The van der Waals surface area contributed by atoms with Crippen LogP contribution in [0.4, 0.5) is 0 Å². The molecule has 2 aliphatic rings. The Kier molecular flexibility index (Phi) is 7.24. The molecule has 0 amide bonds. The van der Waals surface area contributed by atoms with Crippen LogP contribution in [0.25, 0.3) is 0 Å². The lowest BCUT2D eigenvalue weighted by Crippen LogP contribution is -2.43. The predicted molar refractivity (Wildman–Crippen MR) is 110 cm³/mol. The van der Waals surface area contributed by atoms with Gasteiger partial charge in [0.2, 0.25) is 10.0 Å². The lowest BCUT2D eigenvalue weighted by atomic mass is 9.83. The van der Waals surface area contributed by atoms with Crippen LogP contribution in [0.5, 0.6) is 0 Å². The molecule has 0 aromatic heterocycles. The fourth-order valence-electron chi connectivity index (χ4n) is 4.74. The van der Waals surface area contributed by atoms with Crippen LogP contribution in [-0.2, 0) is 19.6 Å². The number of carbonyl (C=O) groups is 2. The highest BCUT2D eigenvalue weighted by atomic mass is 32.2. The SMILES string of the molecule is COC(=O)CCC/C=C\C[C@@H]1[C@H]2CC[C@H](C2)[C@H]1NS(=O)(=O)c1ccc(C=O)cc1. The van der Waals surface area contributed by atoms with E-state index in [0.29, 0.717) is 36.0 Å². The summed E-state index contributed by atoms with van der Waals surface area (Å²) in [7, 11) is -2.22. The van der Waals surface area contributed by atoms with Gasteiger partial charge < -0.3 is 4.74 Å². The second-order valence-corrected chi connectivity index (χ2v) is 9.72. The van der Waals surface area contributed by atoms with Crippen LogP contribution in [0.2, 0.25) is 0 Å². The molecule has 4 atom stereocenters. The van der Waals surface area contributed by atoms with Crippen molar-refractivity contribution in [2.45, 2.75) is 55.9 Å². The number of allylic oxidation sites excluding steroid dienone is 2. The number of ether oxygens (including phenoxy) is 1. The largest absolute Gasteiger partial charge is 0.469 e. The van der Waals surface area contributed by atoms with Crippen LogP contribution in [0.15, 0.2) is 41.3 Å². The molecule has 0 heterocycles. The van der Waals surface area contributed by atoms with Crippen molar-refractivity contribution in [3.63, 3.8) is 0 Å². The molecule has 7 heteroatoms. The number of carbonyl (C=O) groups excluding carboxylic acids is 2. The normalized spacial score (nSPS) is 26.1. The highest BCUT2D eigenvalue weighted by Gasteiger charge is 2.48. The highest BCUT2D eigenvalue weighted by molar-refractivity contribution is 7.89. The minimum absolute atomic E-state index is 0.0517. The zero-order valence-electron chi connectivity index (χ0n) is 16.8. The van der Waals surface area contributed by atoms with E-state index in [1.807, 2.05) is 0 Å². The molecule has 0 saturated heterocycles. The van der Waals surface area contributed by atoms with Gasteiger partial charge in [-0.15, -0.1) is 0 Å². The monoisotopic (exact) mass is 419 g/mol. The van der Waals surface area contributed by atoms with E-state index in [4.69, 9.17) is 0 Å². The van der Waals surface area contributed by atoms with Gasteiger partial charge in [0.15, 0.2) is 0 Å². The average molecular weight is 420 g/mol. The number of hydrogen-bond acceptors (Lipinski definition) is 5. The third-order valence-corrected chi connectivity index (χ3v) is 7.74. The molecule has 0 spiro atoms. The summed E-state index contributed by atoms with van der Waals surface area (Å²) in [6.45, 7) is 0. The molecule has 2 saturated carbocycles. The molecular weight excluding hydrogens is 390 g/mol. The van der Waals surface area contributed by atoms with Crippen molar-refractivity contribution in [1.82, 2.24) is 4.72 Å². The molecule has 29 heavy (non-hydrogen) atoms. The average Bonchev–Trinajstić information content (AvgIpc) is 3.32. The summed E-state index contributed by atoms with van der Waals surface area (Å²) < 4.78 is 33.3. The second-order valence-electron chi connectivity index (χ2n) is 8.01. The fraction of sp³-hybridized carbons (Fsp3) is 0.545. The molecule has 1 N–H and O–H groups in total. The Labute approximate surface area is 172 Å². The molecule has 2 aliphatic carbocycles. The first-order valence-electron chi connectivity index (χ1n) is 10.2. The summed E-state index contributed by atoms with van der Waals surface area (Å²) in [6, 6.07) is 5.96. The topological polar surface area (TPSA) is 89.5 Å². The van der Waals surface area contributed by atoms with Gasteiger partial charge >= 0.3 is 5.97 Å². The maximum Gasteiger partial charge on any atom is 0.305 e. The Morgan fingerprint density at radius 3 is 2.59 bits per heavy atom. The smallest absolute Gasteiger partial charge is 0.305 e. The van der Waals surface area contributed by atoms with Gasteiger partial charge in [-0.2, -0.15) is 0 Å². The van der Waals surface area contributed by atoms with Crippen LogP contribution in [0, 0.1) is 17.8 Å². The van der Waals surface area contributed by atoms with E-state index < -0.39 is 10.0 Å². The standard InChI is InChI=1S/C22H29NO5S/c1-28-21(25)7-5-3-2-4-6-20-17-10-11-18(14-17)22(20)23-29(26,27)19-12-8-16(15-24)9-13-19/h2,4,8-9,12-13,15,17-18,20,22-23H,3,5-7,10-11,14H2,1H3/b4-2-/t17-,18+,20+,22+/m0/s1. The summed E-state index contributed by atoms with van der Waals surface area (Å²) in [4.78, 5) is 22.1. The molecule has 0 radical (unpaired) electrons. The number of benzene rings is 1. The summed E-state index contributed by atoms with van der Waals surface area (Å²) in [5, 5.41) is 0. The van der Waals surface area contributed by atoms with Gasteiger partial charge in [-0.3, -0.25) is 9.59 Å². The molecule has 1 aromatic carbocycles. The van der Waals surface area contributed by atoms with Crippen molar-refractivity contribution in [1.29, 1.82) is 0 Å². The number of rotatable bonds is 10. The molecule has 0 aliphatic heterocycles. The third kappa shape index (κ3) is 5.34. The zero-order chi connectivity index (χ0) is 20.9. The van der Waals surface area contributed by atoms with Crippen molar-refractivity contribution in [3.8, 4) is 0 Å². The van der Waals surface area contributed by atoms with E-state index in [2.05, 4.69) is 21.6 Å². The number of sulfonamides is 1. The Morgan fingerprint density at radius 1 is 1.17 bits per heavy atom. The van der Waals surface area contributed by atoms with E-state index in [-0.39, 0.29) is 16.9 Å². The summed E-state index contributed by atoms with van der Waals surface area (Å²) >= 11 is 0. The lowest BCUT2D eigenvalue weighted by Gasteiger charge is -2.31. The van der Waals surface area contributed by atoms with Gasteiger partial charge in [0.25, 0.3) is 0 Å². The molecule has 6 nitrogen and oxygen atoms in total. The Morgan fingerprint density at radius 2 is 1.90 bits per heavy atom. The van der Waals surface area contributed by atoms with E-state index >= 15 is 0 Å². The quantitative estimate of drug-likeness (QED) is 0.271. The predicted octanol–water partition coefficient (Wildman–Crippen LogP) is 3.48. The van der Waals surface area contributed by atoms with Gasteiger partial charge in [-0.1, -0.05) is 24.3 Å². The van der Waals surface area contributed by atoms with Gasteiger partial charge in [-0.25, -0.2) is 13.1 Å². The number of esters is 1. The Bertz CT molecular complexity index is 846. The first kappa shape index (κ1) is 21.7. The Hall–Kier alpha value is -1.99. The number of unbranched alkanes of at least 4 members (excludes halogenated alkanes) is 1. The summed E-state index contributed by atoms with van der Waals surface area (Å²) in [5.74, 6) is 1.06. The van der Waals surface area contributed by atoms with Crippen molar-refractivity contribution >= 4 is 22.3 Å². The van der Waals surface area contributed by atoms with Crippen LogP contribution < -0.4 is 4.72 Å². The minimum atomic E-state index is -3.62. The number of hydrogen-bond donors (Lipinski definition) is 1. The van der Waals surface area contributed by atoms with Crippen LogP contribution in [0.1, 0.15) is 55.3 Å². The first-order chi connectivity index (χ1) is 13.9. The zero-order valence-corrected chi connectivity index (χ0v) is 17.6. The molecule has 0 unspecified atom stereocenters. The maximum absolute atomic E-state index is 12.9. The molecular formula is C22H29NO5S. The summed E-state index contributed by atoms with van der Waals surface area (Å²) in [5.41, 5.74) is 0.457. The number of aldehydes is 1. The molecule has 1 aromatic rings. The van der Waals surface area contributed by atoms with Crippen molar-refractivity contribution in [2.24, 2.45) is 17.8 Å². The highest BCUT2D eigenvalue weighted by Crippen LogP contribution is 2.50. The number of nitrogens with one attached hydrogen (secondary N) is 1. The molecule has 3 rings (SSSR count). The fourth-order valence-corrected chi connectivity index (χ4v) is 6.10. The first-order valence-corrected chi connectivity index (χ1v) is 11.7. The Balaban J connectivity index is 1.59. The van der Waals surface area contributed by atoms with Gasteiger partial charge in [0.1, 0.15) is 6.29 Å². The molecule has 158 valence electrons. The molecule has 2 bridgehead atoms. The van der Waals surface area contributed by atoms with Gasteiger partial charge in [0, 0.05) is 18.0 Å². The van der Waals surface area contributed by atoms with Crippen LogP contribution in [0.3, 0.4) is 0 Å². The lowest BCUT2D eigenvalue weighted by molar-refractivity contribution is -0.140. The minimum Gasteiger partial charge on any atom is -0.469 e. The number of fused-ring (bicyclic) bond motifs is 2. The second kappa shape index (κ2) is 9.67. The molecule has 2 fully saturated rings. The van der Waals surface area contributed by atoms with Crippen LogP contribution in [-0.4, -0.2) is 33.8 Å². The van der Waals surface area contributed by atoms with E-state index in [0.717, 1.165) is 38.5 Å². The van der Waals surface area contributed by atoms with E-state index in [9.17, 15) is 18.0 Å². The van der Waals surface area contributed by atoms with Crippen molar-refractivity contribution in [3.05, 3.63) is 42.0 Å². The third-order valence-electron chi connectivity index (χ3n) is 6.26. The van der Waals surface area contributed by atoms with Gasteiger partial charge in [-0.05, 0) is 68.4 Å². The van der Waals surface area contributed by atoms with E-state index in [1.54, 1.807) is 0 Å².